The van der Waals surface area contributed by atoms with E-state index in [4.69, 9.17) is 9.47 Å². The van der Waals surface area contributed by atoms with Crippen molar-refractivity contribution in [2.45, 2.75) is 12.5 Å². The van der Waals surface area contributed by atoms with Crippen LogP contribution in [-0.4, -0.2) is 12.9 Å². The van der Waals surface area contributed by atoms with Crippen LogP contribution in [0.3, 0.4) is 0 Å². The highest BCUT2D eigenvalue weighted by molar-refractivity contribution is 6.00. The first-order chi connectivity index (χ1) is 9.29. The highest BCUT2D eigenvalue weighted by atomic mass is 16.5. The molecular formula is C16H14O3. The lowest BCUT2D eigenvalue weighted by Gasteiger charge is -2.26. The minimum Gasteiger partial charge on any atom is -0.493 e. The number of Topliss-reactive ketones (excluding diaryl/α,β-unsaturated/α-hetero) is 1. The molecule has 1 aliphatic rings. The molecule has 1 heterocycles. The van der Waals surface area contributed by atoms with Crippen molar-refractivity contribution in [3.8, 4) is 11.5 Å². The molecule has 0 saturated heterocycles. The van der Waals surface area contributed by atoms with E-state index >= 15 is 0 Å². The van der Waals surface area contributed by atoms with E-state index in [2.05, 4.69) is 0 Å². The number of rotatable bonds is 2. The van der Waals surface area contributed by atoms with Gasteiger partial charge >= 0.3 is 0 Å². The van der Waals surface area contributed by atoms with Crippen LogP contribution >= 0.6 is 0 Å². The van der Waals surface area contributed by atoms with Crippen LogP contribution in [0.5, 0.6) is 11.5 Å². The summed E-state index contributed by atoms with van der Waals surface area (Å²) in [5.74, 6) is 1.25. The fraction of sp³-hybridized carbons (Fsp3) is 0.188. The molecule has 19 heavy (non-hydrogen) atoms. The second-order valence-corrected chi connectivity index (χ2v) is 4.48. The van der Waals surface area contributed by atoms with Gasteiger partial charge in [0.25, 0.3) is 0 Å². The van der Waals surface area contributed by atoms with Gasteiger partial charge in [-0.2, -0.15) is 0 Å². The van der Waals surface area contributed by atoms with Crippen molar-refractivity contribution in [2.75, 3.05) is 7.11 Å². The Morgan fingerprint density at radius 1 is 1.11 bits per heavy atom. The average molecular weight is 254 g/mol. The van der Waals surface area contributed by atoms with Crippen molar-refractivity contribution in [3.05, 3.63) is 59.7 Å². The average Bonchev–Trinajstić information content (AvgIpc) is 2.47. The van der Waals surface area contributed by atoms with E-state index in [0.29, 0.717) is 23.5 Å². The Hall–Kier alpha value is -2.29. The molecule has 0 bridgehead atoms. The summed E-state index contributed by atoms with van der Waals surface area (Å²) in [5.41, 5.74) is 1.61. The van der Waals surface area contributed by atoms with E-state index in [0.717, 1.165) is 5.56 Å². The van der Waals surface area contributed by atoms with Gasteiger partial charge in [0.15, 0.2) is 17.3 Å². The molecule has 96 valence electrons. The second kappa shape index (κ2) is 4.76. The van der Waals surface area contributed by atoms with Crippen LogP contribution in [0.15, 0.2) is 48.5 Å². The highest BCUT2D eigenvalue weighted by Crippen LogP contribution is 2.40. The van der Waals surface area contributed by atoms with Crippen molar-refractivity contribution >= 4 is 5.78 Å². The van der Waals surface area contributed by atoms with Gasteiger partial charge in [0.2, 0.25) is 0 Å². The number of carbonyl (C=O) groups excluding carboxylic acids is 1. The van der Waals surface area contributed by atoms with E-state index in [9.17, 15) is 4.79 Å². The molecule has 0 N–H and O–H groups in total. The minimum absolute atomic E-state index is 0.0917. The van der Waals surface area contributed by atoms with Crippen molar-refractivity contribution in [1.29, 1.82) is 0 Å². The van der Waals surface area contributed by atoms with Crippen molar-refractivity contribution in [1.82, 2.24) is 0 Å². The number of methoxy groups -OCH3 is 1. The largest absolute Gasteiger partial charge is 0.493 e. The first-order valence-electron chi connectivity index (χ1n) is 6.21. The predicted molar refractivity (Wildman–Crippen MR) is 71.8 cm³/mol. The van der Waals surface area contributed by atoms with E-state index in [1.54, 1.807) is 19.2 Å². The zero-order chi connectivity index (χ0) is 13.2. The lowest BCUT2D eigenvalue weighted by atomic mass is 9.96. The highest BCUT2D eigenvalue weighted by Gasteiger charge is 2.29. The smallest absolute Gasteiger partial charge is 0.172 e. The first kappa shape index (κ1) is 11.8. The number of para-hydroxylation sites is 1. The lowest BCUT2D eigenvalue weighted by Crippen LogP contribution is -2.20. The molecule has 2 aromatic carbocycles. The summed E-state index contributed by atoms with van der Waals surface area (Å²) in [6, 6.07) is 15.2. The molecule has 0 radical (unpaired) electrons. The molecule has 0 unspecified atom stereocenters. The van der Waals surface area contributed by atoms with Crippen LogP contribution in [0, 0.1) is 0 Å². The molecule has 0 aliphatic carbocycles. The number of hydrogen-bond donors (Lipinski definition) is 0. The lowest BCUT2D eigenvalue weighted by molar-refractivity contribution is 0.0842. The maximum atomic E-state index is 12.2. The minimum atomic E-state index is -0.238. The zero-order valence-electron chi connectivity index (χ0n) is 10.6. The van der Waals surface area contributed by atoms with Crippen LogP contribution in [0.4, 0.5) is 0 Å². The van der Waals surface area contributed by atoms with Crippen LogP contribution in [0.1, 0.15) is 28.4 Å². The van der Waals surface area contributed by atoms with E-state index in [1.807, 2.05) is 36.4 Å². The third kappa shape index (κ3) is 2.08. The molecule has 3 rings (SSSR count). The molecule has 1 atom stereocenters. The molecule has 0 spiro atoms. The van der Waals surface area contributed by atoms with Gasteiger partial charge in [-0.15, -0.1) is 0 Å². The van der Waals surface area contributed by atoms with Gasteiger partial charge in [-0.3, -0.25) is 4.79 Å². The summed E-state index contributed by atoms with van der Waals surface area (Å²) in [5, 5.41) is 0. The standard InChI is InChI=1S/C16H14O3/c1-18-14-9-5-8-12-13(17)10-15(19-16(12)14)11-6-3-2-4-7-11/h2-9,15H,10H2,1H3/t15-/m1/s1. The summed E-state index contributed by atoms with van der Waals surface area (Å²) in [6.07, 6.45) is 0.127. The maximum Gasteiger partial charge on any atom is 0.172 e. The molecule has 3 heteroatoms. The monoisotopic (exact) mass is 254 g/mol. The van der Waals surface area contributed by atoms with Gasteiger partial charge < -0.3 is 9.47 Å². The Morgan fingerprint density at radius 3 is 2.63 bits per heavy atom. The molecule has 0 fully saturated rings. The predicted octanol–water partition coefficient (Wildman–Crippen LogP) is 3.40. The third-order valence-corrected chi connectivity index (χ3v) is 3.30. The zero-order valence-corrected chi connectivity index (χ0v) is 10.6. The van der Waals surface area contributed by atoms with Gasteiger partial charge in [0.1, 0.15) is 6.10 Å². The third-order valence-electron chi connectivity index (χ3n) is 3.30. The number of hydrogen-bond acceptors (Lipinski definition) is 3. The molecule has 2 aromatic rings. The summed E-state index contributed by atoms with van der Waals surface area (Å²) in [6.45, 7) is 0. The summed E-state index contributed by atoms with van der Waals surface area (Å²) < 4.78 is 11.2. The molecule has 1 aliphatic heterocycles. The van der Waals surface area contributed by atoms with Gasteiger partial charge in [0.05, 0.1) is 19.1 Å². The van der Waals surface area contributed by atoms with E-state index in [1.165, 1.54) is 0 Å². The topological polar surface area (TPSA) is 35.5 Å². The van der Waals surface area contributed by atoms with Crippen LogP contribution in [0.25, 0.3) is 0 Å². The van der Waals surface area contributed by atoms with Crippen molar-refractivity contribution in [2.24, 2.45) is 0 Å². The number of benzene rings is 2. The maximum absolute atomic E-state index is 12.2. The molecule has 0 amide bonds. The van der Waals surface area contributed by atoms with E-state index in [-0.39, 0.29) is 11.9 Å². The molecular weight excluding hydrogens is 240 g/mol. The van der Waals surface area contributed by atoms with Crippen LogP contribution in [0.2, 0.25) is 0 Å². The van der Waals surface area contributed by atoms with Gasteiger partial charge in [-0.25, -0.2) is 0 Å². The second-order valence-electron chi connectivity index (χ2n) is 4.48. The Labute approximate surface area is 111 Å². The summed E-state index contributed by atoms with van der Waals surface area (Å²) >= 11 is 0. The molecule has 3 nitrogen and oxygen atoms in total. The first-order valence-corrected chi connectivity index (χ1v) is 6.21. The number of ketones is 1. The van der Waals surface area contributed by atoms with Crippen LogP contribution in [-0.2, 0) is 0 Å². The number of ether oxygens (including phenoxy) is 2. The summed E-state index contributed by atoms with van der Waals surface area (Å²) in [4.78, 5) is 12.2. The molecule has 0 aromatic heterocycles. The van der Waals surface area contributed by atoms with Gasteiger partial charge in [-0.05, 0) is 17.7 Å². The Balaban J connectivity index is 2.02. The van der Waals surface area contributed by atoms with Gasteiger partial charge in [0, 0.05) is 0 Å². The quantitative estimate of drug-likeness (QED) is 0.824. The van der Waals surface area contributed by atoms with Gasteiger partial charge in [-0.1, -0.05) is 36.4 Å². The van der Waals surface area contributed by atoms with Crippen molar-refractivity contribution in [3.63, 3.8) is 0 Å². The number of carbonyl (C=O) groups is 1. The SMILES string of the molecule is COc1cccc2c1O[C@@H](c1ccccc1)CC2=O. The van der Waals surface area contributed by atoms with Crippen LogP contribution < -0.4 is 9.47 Å². The van der Waals surface area contributed by atoms with E-state index < -0.39 is 0 Å². The fourth-order valence-corrected chi connectivity index (χ4v) is 2.33. The fourth-order valence-electron chi connectivity index (χ4n) is 2.33. The Morgan fingerprint density at radius 2 is 1.89 bits per heavy atom. The van der Waals surface area contributed by atoms with Crippen molar-refractivity contribution < 1.29 is 14.3 Å². The number of fused-ring (bicyclic) bond motifs is 1. The Kier molecular flexibility index (Phi) is 2.95. The summed E-state index contributed by atoms with van der Waals surface area (Å²) in [7, 11) is 1.58. The molecule has 0 saturated carbocycles. The normalized spacial score (nSPS) is 17.5. The Bertz CT molecular complexity index is 605.